The van der Waals surface area contributed by atoms with Crippen LogP contribution in [0.15, 0.2) is 55.1 Å². The molecule has 12 heteroatoms. The Morgan fingerprint density at radius 3 is 2.69 bits per heavy atom. The van der Waals surface area contributed by atoms with Gasteiger partial charge < -0.3 is 15.0 Å². The normalized spacial score (nSPS) is 16.1. The molecule has 2 aliphatic rings. The van der Waals surface area contributed by atoms with Crippen molar-refractivity contribution >= 4 is 52.7 Å². The molecule has 2 N–H and O–H groups in total. The summed E-state index contributed by atoms with van der Waals surface area (Å²) in [5.41, 5.74) is 4.19. The van der Waals surface area contributed by atoms with Crippen molar-refractivity contribution in [2.45, 2.75) is 30.6 Å². The molecular formula is C24H22ClN7O3S. The summed E-state index contributed by atoms with van der Waals surface area (Å²) < 4.78 is 2.07. The highest BCUT2D eigenvalue weighted by atomic mass is 35.5. The SMILES string of the molecule is O=CNc1cc(NCc2cn3cc(C4CC4)ccc3n2)ncn1.O=[N+]([O-])c1ccc(Cl)cc1C1CS1. The lowest BCUT2D eigenvalue weighted by Crippen LogP contribution is -2.04. The van der Waals surface area contributed by atoms with Crippen molar-refractivity contribution in [3.05, 3.63) is 87.1 Å². The first-order valence-electron chi connectivity index (χ1n) is 11.3. The zero-order valence-corrected chi connectivity index (χ0v) is 20.6. The second-order valence-corrected chi connectivity index (χ2v) is 10.1. The zero-order valence-electron chi connectivity index (χ0n) is 19.0. The smallest absolute Gasteiger partial charge is 0.273 e. The molecule has 10 nitrogen and oxygen atoms in total. The van der Waals surface area contributed by atoms with Crippen molar-refractivity contribution in [2.24, 2.45) is 0 Å². The maximum Gasteiger partial charge on any atom is 0.273 e. The molecule has 1 saturated carbocycles. The first-order chi connectivity index (χ1) is 17.5. The molecule has 4 aromatic rings. The van der Waals surface area contributed by atoms with Gasteiger partial charge in [0.15, 0.2) is 0 Å². The number of nitro groups is 1. The molecule has 36 heavy (non-hydrogen) atoms. The van der Waals surface area contributed by atoms with E-state index in [1.165, 1.54) is 30.8 Å². The number of thioether (sulfide) groups is 1. The topological polar surface area (TPSA) is 127 Å². The number of nitrogens with zero attached hydrogens (tertiary/aromatic N) is 5. The minimum absolute atomic E-state index is 0.180. The molecule has 1 amide bonds. The summed E-state index contributed by atoms with van der Waals surface area (Å²) in [4.78, 5) is 33.4. The minimum Gasteiger partial charge on any atom is -0.364 e. The first-order valence-corrected chi connectivity index (χ1v) is 12.7. The molecule has 1 aromatic carbocycles. The van der Waals surface area contributed by atoms with Crippen LogP contribution < -0.4 is 10.6 Å². The fraction of sp³-hybridized carbons (Fsp3) is 0.250. The molecule has 184 valence electrons. The molecule has 3 aromatic heterocycles. The first kappa shape index (κ1) is 24.0. The molecule has 0 bridgehead atoms. The number of nitro benzene ring substituents is 1. The van der Waals surface area contributed by atoms with E-state index < -0.39 is 0 Å². The third-order valence-electron chi connectivity index (χ3n) is 5.76. The van der Waals surface area contributed by atoms with E-state index in [9.17, 15) is 14.9 Å². The van der Waals surface area contributed by atoms with Gasteiger partial charge in [0.25, 0.3) is 5.69 Å². The number of rotatable bonds is 8. The van der Waals surface area contributed by atoms with Crippen molar-refractivity contribution in [3.63, 3.8) is 0 Å². The van der Waals surface area contributed by atoms with Gasteiger partial charge in [-0.15, -0.1) is 0 Å². The molecule has 2 fully saturated rings. The average molecular weight is 524 g/mol. The van der Waals surface area contributed by atoms with Crippen molar-refractivity contribution in [2.75, 3.05) is 16.4 Å². The van der Waals surface area contributed by atoms with E-state index in [0.29, 0.717) is 29.6 Å². The number of pyridine rings is 1. The van der Waals surface area contributed by atoms with Gasteiger partial charge in [-0.1, -0.05) is 17.7 Å². The van der Waals surface area contributed by atoms with E-state index in [2.05, 4.69) is 48.3 Å². The van der Waals surface area contributed by atoms with E-state index in [1.54, 1.807) is 30.0 Å². The molecule has 1 saturated heterocycles. The largest absolute Gasteiger partial charge is 0.364 e. The highest BCUT2D eigenvalue weighted by Crippen LogP contribution is 2.49. The van der Waals surface area contributed by atoms with E-state index in [0.717, 1.165) is 28.6 Å². The third kappa shape index (κ3) is 5.92. The van der Waals surface area contributed by atoms with Gasteiger partial charge in [-0.3, -0.25) is 14.9 Å². The molecule has 0 spiro atoms. The van der Waals surface area contributed by atoms with Crippen LogP contribution in [-0.2, 0) is 11.3 Å². The summed E-state index contributed by atoms with van der Waals surface area (Å²) in [5.74, 6) is 2.79. The van der Waals surface area contributed by atoms with Crippen LogP contribution in [0, 0.1) is 10.1 Å². The lowest BCUT2D eigenvalue weighted by Gasteiger charge is -2.04. The third-order valence-corrected chi connectivity index (χ3v) is 6.92. The lowest BCUT2D eigenvalue weighted by atomic mass is 10.1. The fourth-order valence-electron chi connectivity index (χ4n) is 3.76. The Kier molecular flexibility index (Phi) is 7.01. The predicted octanol–water partition coefficient (Wildman–Crippen LogP) is 5.22. The predicted molar refractivity (Wildman–Crippen MR) is 140 cm³/mol. The van der Waals surface area contributed by atoms with E-state index in [4.69, 9.17) is 11.6 Å². The summed E-state index contributed by atoms with van der Waals surface area (Å²) >= 11 is 7.46. The summed E-state index contributed by atoms with van der Waals surface area (Å²) in [6.07, 6.45) is 8.77. The van der Waals surface area contributed by atoms with Gasteiger partial charge in [-0.2, -0.15) is 11.8 Å². The molecule has 1 atom stereocenters. The quantitative estimate of drug-likeness (QED) is 0.139. The summed E-state index contributed by atoms with van der Waals surface area (Å²) in [5, 5.41) is 17.1. The highest BCUT2D eigenvalue weighted by molar-refractivity contribution is 8.06. The Hall–Kier alpha value is -3.70. The van der Waals surface area contributed by atoms with E-state index >= 15 is 0 Å². The summed E-state index contributed by atoms with van der Waals surface area (Å²) in [6, 6.07) is 10.6. The van der Waals surface area contributed by atoms with Crippen LogP contribution in [0.5, 0.6) is 0 Å². The van der Waals surface area contributed by atoms with Crippen molar-refractivity contribution in [1.82, 2.24) is 19.4 Å². The van der Waals surface area contributed by atoms with Crippen LogP contribution in [0.1, 0.15) is 40.8 Å². The van der Waals surface area contributed by atoms with Crippen LogP contribution in [0.25, 0.3) is 5.65 Å². The number of halogens is 1. The number of nitrogens with one attached hydrogen (secondary N) is 2. The Bertz CT molecular complexity index is 1420. The number of anilines is 2. The highest BCUT2D eigenvalue weighted by Gasteiger charge is 2.31. The number of carbonyl (C=O) groups is 1. The van der Waals surface area contributed by atoms with Gasteiger partial charge in [0.2, 0.25) is 6.41 Å². The molecule has 0 radical (unpaired) electrons. The molecule has 1 aliphatic heterocycles. The van der Waals surface area contributed by atoms with Gasteiger partial charge in [0, 0.05) is 46.1 Å². The molecule has 1 unspecified atom stereocenters. The van der Waals surface area contributed by atoms with Crippen molar-refractivity contribution < 1.29 is 9.72 Å². The Balaban J connectivity index is 0.000000174. The van der Waals surface area contributed by atoms with Crippen molar-refractivity contribution in [1.29, 1.82) is 0 Å². The monoisotopic (exact) mass is 523 g/mol. The van der Waals surface area contributed by atoms with E-state index in [1.807, 2.05) is 6.20 Å². The standard InChI is InChI=1S/C16H16N6O.C8H6ClNO2S/c23-10-20-15-5-14(18-9-19-15)17-6-13-8-22-7-12(11-1-2-11)3-4-16(22)21-13;9-5-1-2-7(10(11)12)6(3-5)8-4-13-8/h3-5,7-11H,1-2,6H2,(H2,17,18,19,20,23);1-3,8H,4H2. The number of benzene rings is 1. The number of fused-ring (bicyclic) bond motifs is 1. The number of hydrogen-bond acceptors (Lipinski definition) is 8. The molecule has 6 rings (SSSR count). The minimum atomic E-state index is -0.357. The second kappa shape index (κ2) is 10.5. The molecular weight excluding hydrogens is 502 g/mol. The number of carbonyl (C=O) groups excluding carboxylic acids is 1. The van der Waals surface area contributed by atoms with Crippen LogP contribution in [0.4, 0.5) is 17.3 Å². The average Bonchev–Trinajstić information content (AvgIpc) is 3.80. The van der Waals surface area contributed by atoms with Crippen LogP contribution >= 0.6 is 23.4 Å². The van der Waals surface area contributed by atoms with Gasteiger partial charge in [-0.25, -0.2) is 15.0 Å². The van der Waals surface area contributed by atoms with Crippen LogP contribution in [-0.4, -0.2) is 36.4 Å². The Morgan fingerprint density at radius 1 is 1.17 bits per heavy atom. The molecule has 1 aliphatic carbocycles. The number of hydrogen-bond donors (Lipinski definition) is 2. The lowest BCUT2D eigenvalue weighted by molar-refractivity contribution is -0.385. The fourth-order valence-corrected chi connectivity index (χ4v) is 4.58. The molecule has 4 heterocycles. The second-order valence-electron chi connectivity index (χ2n) is 8.42. The van der Waals surface area contributed by atoms with Crippen molar-refractivity contribution in [3.8, 4) is 0 Å². The van der Waals surface area contributed by atoms with Gasteiger partial charge in [0.05, 0.1) is 17.2 Å². The zero-order chi connectivity index (χ0) is 25.1. The van der Waals surface area contributed by atoms with Gasteiger partial charge in [0.1, 0.15) is 23.6 Å². The summed E-state index contributed by atoms with van der Waals surface area (Å²) in [6.45, 7) is 0.554. The number of aromatic nitrogens is 4. The maximum atomic E-state index is 10.6. The van der Waals surface area contributed by atoms with Crippen LogP contribution in [0.2, 0.25) is 5.02 Å². The Morgan fingerprint density at radius 2 is 1.97 bits per heavy atom. The summed E-state index contributed by atoms with van der Waals surface area (Å²) in [7, 11) is 0. The maximum absolute atomic E-state index is 10.6. The number of imidazole rings is 1. The van der Waals surface area contributed by atoms with Crippen LogP contribution in [0.3, 0.4) is 0 Å². The van der Waals surface area contributed by atoms with Gasteiger partial charge in [-0.05, 0) is 42.5 Å². The van der Waals surface area contributed by atoms with E-state index in [-0.39, 0.29) is 15.9 Å². The Labute approximate surface area is 215 Å². The van der Waals surface area contributed by atoms with Gasteiger partial charge >= 0.3 is 0 Å². The number of amides is 1.